The van der Waals surface area contributed by atoms with Gasteiger partial charge >= 0.3 is 0 Å². The molecule has 2 aliphatic rings. The van der Waals surface area contributed by atoms with E-state index >= 15 is 0 Å². The number of nitrogens with one attached hydrogen (secondary N) is 1. The number of nitrogens with zero attached hydrogens (tertiary/aromatic N) is 2. The first kappa shape index (κ1) is 13.7. The highest BCUT2D eigenvalue weighted by molar-refractivity contribution is 5.40. The van der Waals surface area contributed by atoms with Gasteiger partial charge in [-0.05, 0) is 42.9 Å². The summed E-state index contributed by atoms with van der Waals surface area (Å²) in [4.78, 5) is 8.50. The number of ether oxygens (including phenoxy) is 1. The van der Waals surface area contributed by atoms with Gasteiger partial charge in [0.25, 0.3) is 0 Å². The van der Waals surface area contributed by atoms with Crippen LogP contribution in [0, 0.1) is 16.7 Å². The fourth-order valence-electron chi connectivity index (χ4n) is 4.46. The number of hydrogen-bond donors (Lipinski definition) is 1. The predicted molar refractivity (Wildman–Crippen MR) is 79.8 cm³/mol. The molecule has 3 atom stereocenters. The van der Waals surface area contributed by atoms with Gasteiger partial charge in [0.15, 0.2) is 0 Å². The Hall–Kier alpha value is -1.32. The lowest BCUT2D eigenvalue weighted by Crippen LogP contribution is -2.45. The molecule has 0 aliphatic heterocycles. The lowest BCUT2D eigenvalue weighted by molar-refractivity contribution is 0.155. The Morgan fingerprint density at radius 3 is 2.80 bits per heavy atom. The molecule has 3 rings (SSSR count). The van der Waals surface area contributed by atoms with Crippen molar-refractivity contribution in [1.82, 2.24) is 9.97 Å². The summed E-state index contributed by atoms with van der Waals surface area (Å²) < 4.78 is 5.46. The fraction of sp³-hybridized carbons (Fsp3) is 0.750. The van der Waals surface area contributed by atoms with Crippen molar-refractivity contribution in [2.24, 2.45) is 16.7 Å². The van der Waals surface area contributed by atoms with Gasteiger partial charge in [0, 0.05) is 12.1 Å². The van der Waals surface area contributed by atoms with Crippen LogP contribution in [0.2, 0.25) is 0 Å². The highest BCUT2D eigenvalue weighted by atomic mass is 16.5. The van der Waals surface area contributed by atoms with E-state index in [0.717, 1.165) is 11.7 Å². The van der Waals surface area contributed by atoms with Crippen LogP contribution in [0.3, 0.4) is 0 Å². The van der Waals surface area contributed by atoms with Crippen molar-refractivity contribution in [3.05, 3.63) is 12.4 Å². The molecular weight excluding hydrogens is 250 g/mol. The molecule has 4 heteroatoms. The minimum Gasteiger partial charge on any atom is -0.478 e. The Kier molecular flexibility index (Phi) is 3.14. The van der Waals surface area contributed by atoms with Gasteiger partial charge < -0.3 is 10.1 Å². The molecule has 20 heavy (non-hydrogen) atoms. The molecule has 0 amide bonds. The number of hydrogen-bond acceptors (Lipinski definition) is 4. The van der Waals surface area contributed by atoms with Crippen molar-refractivity contribution in [3.63, 3.8) is 0 Å². The van der Waals surface area contributed by atoms with E-state index in [4.69, 9.17) is 4.74 Å². The highest BCUT2D eigenvalue weighted by Crippen LogP contribution is 2.63. The Bertz CT molecular complexity index is 497. The zero-order chi connectivity index (χ0) is 14.4. The molecule has 2 bridgehead atoms. The third kappa shape index (κ3) is 2.05. The minimum atomic E-state index is 0.323. The maximum Gasteiger partial charge on any atom is 0.218 e. The van der Waals surface area contributed by atoms with Crippen LogP contribution in [0.1, 0.15) is 47.0 Å². The molecule has 1 N–H and O–H groups in total. The largest absolute Gasteiger partial charge is 0.478 e. The summed E-state index contributed by atoms with van der Waals surface area (Å²) >= 11 is 0. The summed E-state index contributed by atoms with van der Waals surface area (Å²) in [7, 11) is 0. The van der Waals surface area contributed by atoms with Crippen molar-refractivity contribution in [3.8, 4) is 5.88 Å². The molecule has 2 aliphatic carbocycles. The van der Waals surface area contributed by atoms with Crippen molar-refractivity contribution in [2.75, 3.05) is 11.9 Å². The standard InChI is InChI=1S/C16H25N3O/c1-5-20-13-8-12(17-10-18-13)19-14-15(2,3)11-6-7-16(14,4)9-11/h8,10-11,14H,5-7,9H2,1-4H3,(H,17,18,19). The lowest BCUT2D eigenvalue weighted by Gasteiger charge is -2.43. The molecule has 110 valence electrons. The molecule has 3 unspecified atom stereocenters. The van der Waals surface area contributed by atoms with Crippen LogP contribution in [-0.2, 0) is 0 Å². The van der Waals surface area contributed by atoms with E-state index in [1.807, 2.05) is 13.0 Å². The molecule has 1 aromatic heterocycles. The highest BCUT2D eigenvalue weighted by Gasteiger charge is 2.59. The number of fused-ring (bicyclic) bond motifs is 2. The van der Waals surface area contributed by atoms with Crippen molar-refractivity contribution < 1.29 is 4.74 Å². The number of aromatic nitrogens is 2. The monoisotopic (exact) mass is 275 g/mol. The van der Waals surface area contributed by atoms with Crippen molar-refractivity contribution in [2.45, 2.75) is 53.0 Å². The van der Waals surface area contributed by atoms with Gasteiger partial charge in [-0.3, -0.25) is 0 Å². The van der Waals surface area contributed by atoms with E-state index in [2.05, 4.69) is 36.1 Å². The average Bonchev–Trinajstić information content (AvgIpc) is 2.87. The molecule has 0 aromatic carbocycles. The van der Waals surface area contributed by atoms with Crippen LogP contribution >= 0.6 is 0 Å². The normalized spacial score (nSPS) is 34.2. The molecule has 2 fully saturated rings. The molecule has 4 nitrogen and oxygen atoms in total. The molecule has 1 heterocycles. The van der Waals surface area contributed by atoms with Crippen molar-refractivity contribution >= 4 is 5.82 Å². The van der Waals surface area contributed by atoms with Crippen molar-refractivity contribution in [1.29, 1.82) is 0 Å². The van der Waals surface area contributed by atoms with Gasteiger partial charge in [-0.2, -0.15) is 0 Å². The second-order valence-electron chi connectivity index (χ2n) is 7.17. The van der Waals surface area contributed by atoms with Crippen LogP contribution < -0.4 is 10.1 Å². The molecule has 2 saturated carbocycles. The van der Waals surface area contributed by atoms with Crippen LogP contribution in [0.25, 0.3) is 0 Å². The molecule has 0 saturated heterocycles. The summed E-state index contributed by atoms with van der Waals surface area (Å²) in [6, 6.07) is 2.38. The first-order valence-electron chi connectivity index (χ1n) is 7.67. The topological polar surface area (TPSA) is 47.0 Å². The zero-order valence-electron chi connectivity index (χ0n) is 12.9. The lowest BCUT2D eigenvalue weighted by atomic mass is 9.68. The molecular formula is C16H25N3O. The third-order valence-corrected chi connectivity index (χ3v) is 5.50. The molecule has 0 radical (unpaired) electrons. The summed E-state index contributed by atoms with van der Waals surface area (Å²) in [5.41, 5.74) is 0.717. The Balaban J connectivity index is 1.82. The number of rotatable bonds is 4. The van der Waals surface area contributed by atoms with E-state index in [-0.39, 0.29) is 0 Å². The zero-order valence-corrected chi connectivity index (χ0v) is 12.9. The first-order chi connectivity index (χ1) is 9.45. The van der Waals surface area contributed by atoms with Gasteiger partial charge in [-0.15, -0.1) is 0 Å². The van der Waals surface area contributed by atoms with Gasteiger partial charge in [-0.1, -0.05) is 20.8 Å². The fourth-order valence-corrected chi connectivity index (χ4v) is 4.46. The predicted octanol–water partition coefficient (Wildman–Crippen LogP) is 3.50. The first-order valence-corrected chi connectivity index (χ1v) is 7.67. The average molecular weight is 275 g/mol. The number of anilines is 1. The van der Waals surface area contributed by atoms with Crippen LogP contribution in [0.4, 0.5) is 5.82 Å². The summed E-state index contributed by atoms with van der Waals surface area (Å²) in [6.07, 6.45) is 5.61. The third-order valence-electron chi connectivity index (χ3n) is 5.50. The summed E-state index contributed by atoms with van der Waals surface area (Å²) in [6.45, 7) is 9.80. The smallest absolute Gasteiger partial charge is 0.218 e. The quantitative estimate of drug-likeness (QED) is 0.913. The van der Waals surface area contributed by atoms with E-state index in [1.54, 1.807) is 6.33 Å². The summed E-state index contributed by atoms with van der Waals surface area (Å²) in [5, 5.41) is 3.67. The van der Waals surface area contributed by atoms with E-state index < -0.39 is 0 Å². The minimum absolute atomic E-state index is 0.323. The maximum atomic E-state index is 5.46. The van der Waals surface area contributed by atoms with Gasteiger partial charge in [0.2, 0.25) is 5.88 Å². The second-order valence-corrected chi connectivity index (χ2v) is 7.17. The van der Waals surface area contributed by atoms with Gasteiger partial charge in [0.05, 0.1) is 6.61 Å². The van der Waals surface area contributed by atoms with Crippen LogP contribution in [-0.4, -0.2) is 22.6 Å². The van der Waals surface area contributed by atoms with E-state index in [1.165, 1.54) is 19.3 Å². The van der Waals surface area contributed by atoms with E-state index in [9.17, 15) is 0 Å². The maximum absolute atomic E-state index is 5.46. The van der Waals surface area contributed by atoms with Gasteiger partial charge in [0.1, 0.15) is 12.1 Å². The SMILES string of the molecule is CCOc1cc(NC2C3(C)CCC(C3)C2(C)C)ncn1. The Morgan fingerprint density at radius 1 is 1.35 bits per heavy atom. The summed E-state index contributed by atoms with van der Waals surface area (Å²) in [5.74, 6) is 2.37. The second kappa shape index (κ2) is 4.61. The van der Waals surface area contributed by atoms with E-state index in [0.29, 0.717) is 29.4 Å². The Labute approximate surface area is 121 Å². The molecule has 0 spiro atoms. The van der Waals surface area contributed by atoms with Crippen LogP contribution in [0.5, 0.6) is 5.88 Å². The molecule has 1 aromatic rings. The van der Waals surface area contributed by atoms with Crippen LogP contribution in [0.15, 0.2) is 12.4 Å². The van der Waals surface area contributed by atoms with Gasteiger partial charge in [-0.25, -0.2) is 9.97 Å². The Morgan fingerprint density at radius 2 is 2.15 bits per heavy atom.